The van der Waals surface area contributed by atoms with Crippen molar-refractivity contribution in [3.63, 3.8) is 0 Å². The van der Waals surface area contributed by atoms with E-state index in [1.54, 1.807) is 48.7 Å². The molecule has 0 saturated carbocycles. The largest absolute Gasteiger partial charge is 0.446 e. The summed E-state index contributed by atoms with van der Waals surface area (Å²) < 4.78 is 34.3. The van der Waals surface area contributed by atoms with Crippen molar-refractivity contribution in [2.24, 2.45) is 0 Å². The number of hydrogen-bond donors (Lipinski definition) is 3. The second-order valence-electron chi connectivity index (χ2n) is 11.6. The van der Waals surface area contributed by atoms with E-state index < -0.39 is 16.1 Å². The van der Waals surface area contributed by atoms with Crippen LogP contribution in [0.3, 0.4) is 0 Å². The van der Waals surface area contributed by atoms with Gasteiger partial charge in [0, 0.05) is 55.4 Å². The Morgan fingerprint density at radius 2 is 1.54 bits per heavy atom. The van der Waals surface area contributed by atoms with Crippen molar-refractivity contribution in [3.05, 3.63) is 121 Å². The van der Waals surface area contributed by atoms with E-state index >= 15 is 0 Å². The first-order valence-corrected chi connectivity index (χ1v) is 17.4. The lowest BCUT2D eigenvalue weighted by atomic mass is 10.0. The maximum absolute atomic E-state index is 13.0. The number of rotatable bonds is 11. The van der Waals surface area contributed by atoms with Crippen LogP contribution in [0.15, 0.2) is 120 Å². The molecule has 2 heterocycles. The fourth-order valence-corrected chi connectivity index (χ4v) is 6.94. The molecule has 11 heteroatoms. The molecule has 2 amide bonds. The molecule has 6 rings (SSSR count). The highest BCUT2D eigenvalue weighted by atomic mass is 32.2. The minimum Gasteiger partial charge on any atom is -0.446 e. The normalized spacial score (nSPS) is 14.0. The smallest absolute Gasteiger partial charge is 0.411 e. The van der Waals surface area contributed by atoms with Crippen LogP contribution < -0.4 is 15.4 Å². The van der Waals surface area contributed by atoms with Crippen LogP contribution in [0.1, 0.15) is 24.8 Å². The summed E-state index contributed by atoms with van der Waals surface area (Å²) in [5, 5.41) is 6.56. The van der Waals surface area contributed by atoms with Crippen LogP contribution in [0.5, 0.6) is 0 Å². The predicted octanol–water partition coefficient (Wildman–Crippen LogP) is 6.42. The van der Waals surface area contributed by atoms with Gasteiger partial charge in [0.1, 0.15) is 11.0 Å². The third kappa shape index (κ3) is 8.43. The van der Waals surface area contributed by atoms with Crippen molar-refractivity contribution in [2.45, 2.75) is 36.8 Å². The molecule has 0 atom stereocenters. The Hall–Kier alpha value is -5.10. The van der Waals surface area contributed by atoms with Gasteiger partial charge in [-0.3, -0.25) is 15.1 Å². The van der Waals surface area contributed by atoms with Gasteiger partial charge in [0.25, 0.3) is 0 Å². The van der Waals surface area contributed by atoms with Gasteiger partial charge in [0.05, 0.1) is 11.2 Å². The molecule has 5 aromatic rings. The summed E-state index contributed by atoms with van der Waals surface area (Å²) >= 11 is 0. The quantitative estimate of drug-likeness (QED) is 0.149. The molecule has 10 nitrogen and oxygen atoms in total. The molecule has 4 aromatic carbocycles. The number of aromatic nitrogens is 1. The molecule has 1 fully saturated rings. The zero-order valence-corrected chi connectivity index (χ0v) is 27.2. The van der Waals surface area contributed by atoms with Gasteiger partial charge >= 0.3 is 6.09 Å². The highest BCUT2D eigenvalue weighted by Crippen LogP contribution is 2.28. The van der Waals surface area contributed by atoms with Crippen molar-refractivity contribution in [1.29, 1.82) is 0 Å². The summed E-state index contributed by atoms with van der Waals surface area (Å²) in [5.74, 6) is -0.109. The van der Waals surface area contributed by atoms with Crippen LogP contribution in [-0.2, 0) is 26.1 Å². The number of carbonyl (C=O) groups excluding carboxylic acids is 2. The molecule has 0 spiro atoms. The Bertz CT molecular complexity index is 1970. The first-order chi connectivity index (χ1) is 23.3. The van der Waals surface area contributed by atoms with E-state index in [2.05, 4.69) is 25.2 Å². The number of nitrogens with zero attached hydrogens (tertiary/aromatic N) is 2. The number of piperidine rings is 1. The zero-order valence-electron chi connectivity index (χ0n) is 26.3. The van der Waals surface area contributed by atoms with Crippen molar-refractivity contribution in [1.82, 2.24) is 14.6 Å². The minimum atomic E-state index is -3.78. The number of pyridine rings is 1. The standard InChI is InChI=1S/C37H37N5O5S/c43-35(40-30-17-15-27(16-18-30)26-39-48(45,46)34-14-6-10-29-11-7-22-38-36(29)34)21-25-42-23-19-31(20-24-42)47-37(44)41-33-13-5-4-12-32(33)28-8-2-1-3-9-28/h1-18,22,31,39H,19-21,23-26H2,(H,40,43)(H,41,44). The summed E-state index contributed by atoms with van der Waals surface area (Å²) in [6.45, 7) is 2.15. The van der Waals surface area contributed by atoms with Crippen molar-refractivity contribution in [2.75, 3.05) is 30.3 Å². The number of fused-ring (bicyclic) bond motifs is 1. The van der Waals surface area contributed by atoms with Crippen LogP contribution in [-0.4, -0.2) is 56.0 Å². The van der Waals surface area contributed by atoms with E-state index in [1.165, 1.54) is 0 Å². The topological polar surface area (TPSA) is 130 Å². The van der Waals surface area contributed by atoms with E-state index in [9.17, 15) is 18.0 Å². The second-order valence-corrected chi connectivity index (χ2v) is 13.4. The van der Waals surface area contributed by atoms with E-state index in [0.29, 0.717) is 42.7 Å². The Morgan fingerprint density at radius 3 is 2.33 bits per heavy atom. The van der Waals surface area contributed by atoms with Gasteiger partial charge in [-0.05, 0) is 54.3 Å². The molecule has 1 aromatic heterocycles. The number of benzene rings is 4. The van der Waals surface area contributed by atoms with Gasteiger partial charge in [-0.25, -0.2) is 17.9 Å². The Balaban J connectivity index is 0.911. The number of nitrogens with one attached hydrogen (secondary N) is 3. The van der Waals surface area contributed by atoms with Crippen molar-refractivity contribution < 1.29 is 22.7 Å². The van der Waals surface area contributed by atoms with E-state index in [-0.39, 0.29) is 23.5 Å². The zero-order chi connectivity index (χ0) is 33.3. The van der Waals surface area contributed by atoms with Crippen LogP contribution in [0.4, 0.5) is 16.2 Å². The molecule has 1 saturated heterocycles. The third-order valence-electron chi connectivity index (χ3n) is 8.30. The van der Waals surface area contributed by atoms with E-state index in [1.807, 2.05) is 66.7 Å². The number of amides is 2. The number of hydrogen-bond acceptors (Lipinski definition) is 7. The molecule has 3 N–H and O–H groups in total. The number of anilines is 2. The number of ether oxygens (including phenoxy) is 1. The fraction of sp³-hybridized carbons (Fsp3) is 0.216. The van der Waals surface area contributed by atoms with Crippen molar-refractivity contribution in [3.8, 4) is 11.1 Å². The average Bonchev–Trinajstić information content (AvgIpc) is 3.11. The fourth-order valence-electron chi connectivity index (χ4n) is 5.74. The highest BCUT2D eigenvalue weighted by molar-refractivity contribution is 7.89. The van der Waals surface area contributed by atoms with Gasteiger partial charge in [0.2, 0.25) is 15.9 Å². The average molecular weight is 664 g/mol. The third-order valence-corrected chi connectivity index (χ3v) is 9.73. The van der Waals surface area contributed by atoms with Gasteiger partial charge < -0.3 is 15.0 Å². The number of carbonyl (C=O) groups is 2. The number of para-hydroxylation sites is 2. The summed E-state index contributed by atoms with van der Waals surface area (Å²) in [7, 11) is -3.78. The lowest BCUT2D eigenvalue weighted by Gasteiger charge is -2.31. The molecular formula is C37H37N5O5S. The minimum absolute atomic E-state index is 0.0993. The molecule has 1 aliphatic rings. The van der Waals surface area contributed by atoms with Crippen molar-refractivity contribution >= 4 is 44.3 Å². The van der Waals surface area contributed by atoms with E-state index in [0.717, 1.165) is 35.2 Å². The van der Waals surface area contributed by atoms with Gasteiger partial charge in [-0.1, -0.05) is 78.9 Å². The first kappa shape index (κ1) is 32.8. The van der Waals surface area contributed by atoms with Gasteiger partial charge in [-0.2, -0.15) is 0 Å². The highest BCUT2D eigenvalue weighted by Gasteiger charge is 2.23. The molecule has 48 heavy (non-hydrogen) atoms. The lowest BCUT2D eigenvalue weighted by Crippen LogP contribution is -2.39. The van der Waals surface area contributed by atoms with E-state index in [4.69, 9.17) is 4.74 Å². The summed E-state index contributed by atoms with van der Waals surface area (Å²) in [4.78, 5) is 31.9. The number of sulfonamides is 1. The molecule has 0 aliphatic carbocycles. The molecule has 0 unspecified atom stereocenters. The Labute approximate surface area is 280 Å². The molecule has 1 aliphatic heterocycles. The SMILES string of the molecule is O=C(CCN1CCC(OC(=O)Nc2ccccc2-c2ccccc2)CC1)Nc1ccc(CNS(=O)(=O)c2cccc3cccnc23)cc1. The summed E-state index contributed by atoms with van der Waals surface area (Å²) in [6.07, 6.45) is 2.62. The van der Waals surface area contributed by atoms with Crippen LogP contribution in [0.25, 0.3) is 22.0 Å². The monoisotopic (exact) mass is 663 g/mol. The predicted molar refractivity (Wildman–Crippen MR) is 187 cm³/mol. The summed E-state index contributed by atoms with van der Waals surface area (Å²) in [5.41, 5.74) is 4.45. The lowest BCUT2D eigenvalue weighted by molar-refractivity contribution is -0.116. The maximum atomic E-state index is 13.0. The first-order valence-electron chi connectivity index (χ1n) is 15.9. The molecule has 0 bridgehead atoms. The molecular weight excluding hydrogens is 627 g/mol. The Kier molecular flexibility index (Phi) is 10.4. The van der Waals surface area contributed by atoms with Crippen LogP contribution in [0.2, 0.25) is 0 Å². The maximum Gasteiger partial charge on any atom is 0.411 e. The molecule has 246 valence electrons. The second kappa shape index (κ2) is 15.2. The van der Waals surface area contributed by atoms with Gasteiger partial charge in [0.15, 0.2) is 0 Å². The molecule has 0 radical (unpaired) electrons. The summed E-state index contributed by atoms with van der Waals surface area (Å²) in [6, 6.07) is 33.2. The van der Waals surface area contributed by atoms with Gasteiger partial charge in [-0.15, -0.1) is 0 Å². The number of likely N-dealkylation sites (tertiary alicyclic amines) is 1. The Morgan fingerprint density at radius 1 is 0.812 bits per heavy atom. The van der Waals surface area contributed by atoms with Crippen LogP contribution in [0, 0.1) is 0 Å². The van der Waals surface area contributed by atoms with Crippen LogP contribution >= 0.6 is 0 Å².